The lowest BCUT2D eigenvalue weighted by Gasteiger charge is -2.23. The van der Waals surface area contributed by atoms with Crippen molar-refractivity contribution in [3.05, 3.63) is 77.7 Å². The third-order valence-electron chi connectivity index (χ3n) is 3.61. The second-order valence-corrected chi connectivity index (χ2v) is 5.67. The Morgan fingerprint density at radius 1 is 1.32 bits per heavy atom. The van der Waals surface area contributed by atoms with E-state index < -0.39 is 24.5 Å². The molecule has 25 heavy (non-hydrogen) atoms. The van der Waals surface area contributed by atoms with E-state index in [1.807, 2.05) is 18.2 Å². The predicted octanol–water partition coefficient (Wildman–Crippen LogP) is 3.09. The van der Waals surface area contributed by atoms with Crippen molar-refractivity contribution in [3.63, 3.8) is 0 Å². The fraction of sp³-hybridized carbons (Fsp3) is 0.111. The van der Waals surface area contributed by atoms with Crippen LogP contribution < -0.4 is 5.43 Å². The summed E-state index contributed by atoms with van der Waals surface area (Å²) < 4.78 is 10.3. The molecule has 0 bridgehead atoms. The molecule has 0 saturated heterocycles. The Balaban J connectivity index is 1.83. The number of furan rings is 1. The van der Waals surface area contributed by atoms with Crippen molar-refractivity contribution in [2.45, 2.75) is 6.04 Å². The molecule has 1 aliphatic rings. The van der Waals surface area contributed by atoms with Gasteiger partial charge < -0.3 is 9.15 Å². The maximum Gasteiger partial charge on any atom is 0.330 e. The summed E-state index contributed by atoms with van der Waals surface area (Å²) in [5.74, 6) is -0.496. The zero-order chi connectivity index (χ0) is 17.8. The van der Waals surface area contributed by atoms with E-state index in [4.69, 9.17) is 20.8 Å². The monoisotopic (exact) mass is 358 g/mol. The summed E-state index contributed by atoms with van der Waals surface area (Å²) in [6.45, 7) is 2.89. The van der Waals surface area contributed by atoms with Crippen LogP contribution in [0.5, 0.6) is 0 Å². The summed E-state index contributed by atoms with van der Waals surface area (Å²) in [6.07, 6.45) is 4.39. The zero-order valence-corrected chi connectivity index (χ0v) is 13.9. The first-order valence-electron chi connectivity index (χ1n) is 7.47. The van der Waals surface area contributed by atoms with Gasteiger partial charge in [0.2, 0.25) is 0 Å². The molecule has 1 aliphatic heterocycles. The Bertz CT molecular complexity index is 812. The van der Waals surface area contributed by atoms with Crippen LogP contribution in [-0.4, -0.2) is 23.5 Å². The summed E-state index contributed by atoms with van der Waals surface area (Å²) in [4.78, 5) is 23.6. The van der Waals surface area contributed by atoms with E-state index in [-0.39, 0.29) is 0 Å². The maximum absolute atomic E-state index is 12.5. The molecule has 128 valence electrons. The highest BCUT2D eigenvalue weighted by molar-refractivity contribution is 6.30. The standard InChI is InChI=1S/C18H15ClN2O4/c1-2-18(23)25-11-17(22)21-15(16-4-3-9-24-16)10-14(20-21)12-5-7-13(19)8-6-12/h2-10,15,20H,1,11H2/t15-/m1/s1. The van der Waals surface area contributed by atoms with E-state index in [0.717, 1.165) is 17.3 Å². The van der Waals surface area contributed by atoms with E-state index in [1.165, 1.54) is 11.3 Å². The molecular formula is C18H15ClN2O4. The number of esters is 1. The molecule has 0 fully saturated rings. The molecule has 1 N–H and O–H groups in total. The number of amides is 1. The summed E-state index contributed by atoms with van der Waals surface area (Å²) in [5.41, 5.74) is 4.62. The van der Waals surface area contributed by atoms with Gasteiger partial charge in [0.25, 0.3) is 5.91 Å². The van der Waals surface area contributed by atoms with E-state index in [1.54, 1.807) is 24.3 Å². The average molecular weight is 359 g/mol. The number of nitrogens with one attached hydrogen (secondary N) is 1. The number of carbonyl (C=O) groups excluding carboxylic acids is 2. The number of carbonyl (C=O) groups is 2. The number of ether oxygens (including phenoxy) is 1. The predicted molar refractivity (Wildman–Crippen MR) is 92.0 cm³/mol. The van der Waals surface area contributed by atoms with Crippen LogP contribution >= 0.6 is 11.6 Å². The van der Waals surface area contributed by atoms with Gasteiger partial charge in [0.1, 0.15) is 11.8 Å². The van der Waals surface area contributed by atoms with Crippen molar-refractivity contribution in [3.8, 4) is 0 Å². The minimum Gasteiger partial charge on any atom is -0.467 e. The normalized spacial score (nSPS) is 16.1. The van der Waals surface area contributed by atoms with Gasteiger partial charge in [-0.25, -0.2) is 9.80 Å². The van der Waals surface area contributed by atoms with E-state index >= 15 is 0 Å². The van der Waals surface area contributed by atoms with Crippen LogP contribution in [0.4, 0.5) is 0 Å². The quantitative estimate of drug-likeness (QED) is 0.657. The molecule has 0 aliphatic carbocycles. The molecule has 0 radical (unpaired) electrons. The molecular weight excluding hydrogens is 344 g/mol. The lowest BCUT2D eigenvalue weighted by molar-refractivity contribution is -0.150. The Morgan fingerprint density at radius 2 is 2.08 bits per heavy atom. The molecule has 0 unspecified atom stereocenters. The summed E-state index contributed by atoms with van der Waals surface area (Å²) in [7, 11) is 0. The van der Waals surface area contributed by atoms with Crippen molar-refractivity contribution >= 4 is 29.2 Å². The number of benzene rings is 1. The largest absolute Gasteiger partial charge is 0.467 e. The van der Waals surface area contributed by atoms with Gasteiger partial charge in [-0.2, -0.15) is 0 Å². The van der Waals surface area contributed by atoms with Gasteiger partial charge in [0.15, 0.2) is 6.61 Å². The number of hydrogen-bond acceptors (Lipinski definition) is 5. The summed E-state index contributed by atoms with van der Waals surface area (Å²) in [5, 5.41) is 1.98. The molecule has 3 rings (SSSR count). The van der Waals surface area contributed by atoms with Crippen molar-refractivity contribution in [2.24, 2.45) is 0 Å². The molecule has 7 heteroatoms. The molecule has 1 atom stereocenters. The molecule has 1 aromatic heterocycles. The fourth-order valence-corrected chi connectivity index (χ4v) is 2.53. The highest BCUT2D eigenvalue weighted by Gasteiger charge is 2.32. The number of hydrogen-bond donors (Lipinski definition) is 1. The summed E-state index contributed by atoms with van der Waals surface area (Å²) in [6, 6.07) is 10.2. The van der Waals surface area contributed by atoms with Gasteiger partial charge in [-0.15, -0.1) is 0 Å². The van der Waals surface area contributed by atoms with E-state index in [0.29, 0.717) is 10.8 Å². The lowest BCUT2D eigenvalue weighted by atomic mass is 10.1. The number of hydrazine groups is 1. The van der Waals surface area contributed by atoms with Crippen molar-refractivity contribution in [1.82, 2.24) is 10.4 Å². The van der Waals surface area contributed by atoms with Crippen LogP contribution in [0.1, 0.15) is 17.4 Å². The second kappa shape index (κ2) is 7.27. The van der Waals surface area contributed by atoms with Gasteiger partial charge in [-0.05, 0) is 35.9 Å². The first-order chi connectivity index (χ1) is 12.1. The third kappa shape index (κ3) is 3.75. The van der Waals surface area contributed by atoms with Crippen LogP contribution in [0.25, 0.3) is 5.70 Å². The molecule has 0 saturated carbocycles. The average Bonchev–Trinajstić information content (AvgIpc) is 3.29. The van der Waals surface area contributed by atoms with Crippen molar-refractivity contribution in [1.29, 1.82) is 0 Å². The summed E-state index contributed by atoms with van der Waals surface area (Å²) >= 11 is 5.92. The minimum atomic E-state index is -0.659. The molecule has 2 heterocycles. The lowest BCUT2D eigenvalue weighted by Crippen LogP contribution is -2.41. The Hall–Kier alpha value is -2.99. The minimum absolute atomic E-state index is 0.406. The Kier molecular flexibility index (Phi) is 4.90. The topological polar surface area (TPSA) is 71.8 Å². The van der Waals surface area contributed by atoms with Gasteiger partial charge >= 0.3 is 5.97 Å². The van der Waals surface area contributed by atoms with Crippen LogP contribution in [0.15, 0.2) is 65.8 Å². The van der Waals surface area contributed by atoms with Crippen LogP contribution in [0.2, 0.25) is 5.02 Å². The third-order valence-corrected chi connectivity index (χ3v) is 3.86. The number of nitrogens with zero attached hydrogens (tertiary/aromatic N) is 1. The number of rotatable bonds is 5. The van der Waals surface area contributed by atoms with Gasteiger partial charge in [-0.1, -0.05) is 30.3 Å². The molecule has 2 aromatic rings. The first-order valence-corrected chi connectivity index (χ1v) is 7.85. The van der Waals surface area contributed by atoms with Gasteiger partial charge in [0.05, 0.1) is 12.0 Å². The van der Waals surface area contributed by atoms with Crippen LogP contribution in [0.3, 0.4) is 0 Å². The van der Waals surface area contributed by atoms with Crippen LogP contribution in [-0.2, 0) is 14.3 Å². The van der Waals surface area contributed by atoms with Gasteiger partial charge in [0, 0.05) is 11.1 Å². The van der Waals surface area contributed by atoms with Crippen molar-refractivity contribution < 1.29 is 18.7 Å². The van der Waals surface area contributed by atoms with Crippen LogP contribution in [0, 0.1) is 0 Å². The van der Waals surface area contributed by atoms with E-state index in [9.17, 15) is 9.59 Å². The fourth-order valence-electron chi connectivity index (χ4n) is 2.41. The molecule has 6 nitrogen and oxygen atoms in total. The molecule has 1 aromatic carbocycles. The van der Waals surface area contributed by atoms with Crippen molar-refractivity contribution in [2.75, 3.05) is 6.61 Å². The highest BCUT2D eigenvalue weighted by atomic mass is 35.5. The van der Waals surface area contributed by atoms with Gasteiger partial charge in [-0.3, -0.25) is 10.2 Å². The van der Waals surface area contributed by atoms with E-state index in [2.05, 4.69) is 12.0 Å². The zero-order valence-electron chi connectivity index (χ0n) is 13.1. The number of halogens is 1. The highest BCUT2D eigenvalue weighted by Crippen LogP contribution is 2.31. The second-order valence-electron chi connectivity index (χ2n) is 5.23. The molecule has 1 amide bonds. The first kappa shape index (κ1) is 16.9. The molecule has 0 spiro atoms. The maximum atomic E-state index is 12.5. The Morgan fingerprint density at radius 3 is 2.72 bits per heavy atom. The Labute approximate surface area is 149 Å². The SMILES string of the molecule is C=CC(=O)OCC(=O)N1NC(c2ccc(Cl)cc2)=C[C@@H]1c1ccco1. The smallest absolute Gasteiger partial charge is 0.330 e.